The molecule has 1 aromatic carbocycles. The number of nitrogens with one attached hydrogen (secondary N) is 1. The molecule has 6 rings (SSSR count). The van der Waals surface area contributed by atoms with E-state index in [4.69, 9.17) is 35.5 Å². The number of ether oxygens (including phenoxy) is 4. The average Bonchev–Trinajstić information content (AvgIpc) is 3.18. The van der Waals surface area contributed by atoms with Crippen LogP contribution in [0.15, 0.2) is 36.4 Å². The summed E-state index contributed by atoms with van der Waals surface area (Å²) in [6.45, 7) is 4.45. The molecule has 2 unspecified atom stereocenters. The van der Waals surface area contributed by atoms with Gasteiger partial charge in [-0.1, -0.05) is 49.7 Å². The van der Waals surface area contributed by atoms with Crippen molar-refractivity contribution in [2.75, 3.05) is 19.8 Å². The molecular formula is C27H27ClN2O6. The molecule has 36 heavy (non-hydrogen) atoms. The minimum atomic E-state index is -0.543. The third-order valence-electron chi connectivity index (χ3n) is 7.24. The number of esters is 1. The molecule has 3 aliphatic rings. The van der Waals surface area contributed by atoms with Gasteiger partial charge < -0.3 is 23.9 Å². The number of halogens is 1. The van der Waals surface area contributed by atoms with Crippen molar-refractivity contribution >= 4 is 34.4 Å². The van der Waals surface area contributed by atoms with Gasteiger partial charge in [0.2, 0.25) is 0 Å². The van der Waals surface area contributed by atoms with Crippen molar-refractivity contribution in [3.05, 3.63) is 47.0 Å². The maximum atomic E-state index is 11.9. The normalized spacial score (nSPS) is 24.3. The van der Waals surface area contributed by atoms with Crippen LogP contribution in [0.2, 0.25) is 5.02 Å². The number of carbonyl (C=O) groups excluding carboxylic acids is 2. The quantitative estimate of drug-likeness (QED) is 0.475. The highest BCUT2D eigenvalue weighted by molar-refractivity contribution is 6.33. The summed E-state index contributed by atoms with van der Waals surface area (Å²) < 4.78 is 22.7. The Hall–Kier alpha value is -2.94. The molecule has 2 aliphatic heterocycles. The maximum absolute atomic E-state index is 11.9. The molecular weight excluding hydrogens is 484 g/mol. The number of nitrogens with zero attached hydrogens (tertiary/aromatic N) is 1. The van der Waals surface area contributed by atoms with Crippen LogP contribution in [0, 0.1) is 5.92 Å². The highest BCUT2D eigenvalue weighted by atomic mass is 35.5. The van der Waals surface area contributed by atoms with E-state index in [0.717, 1.165) is 29.5 Å². The first-order chi connectivity index (χ1) is 17.3. The number of hydrogen-bond donors (Lipinski definition) is 1. The molecule has 0 spiro atoms. The number of pyridine rings is 1. The minimum Gasteiger partial charge on any atom is -0.470 e. The number of carbonyl (C=O) groups is 2. The second-order valence-electron chi connectivity index (χ2n) is 10.2. The Morgan fingerprint density at radius 3 is 2.72 bits per heavy atom. The minimum absolute atomic E-state index is 0.0453. The van der Waals surface area contributed by atoms with Gasteiger partial charge in [-0.2, -0.15) is 0 Å². The number of aromatic nitrogens is 2. The van der Waals surface area contributed by atoms with Gasteiger partial charge in [0.05, 0.1) is 34.3 Å². The monoisotopic (exact) mass is 510 g/mol. The lowest BCUT2D eigenvalue weighted by molar-refractivity contribution is -0.148. The first kappa shape index (κ1) is 23.5. The zero-order valence-electron chi connectivity index (χ0n) is 20.1. The first-order valence-electron chi connectivity index (χ1n) is 12.2. The summed E-state index contributed by atoms with van der Waals surface area (Å²) in [4.78, 5) is 31.7. The highest BCUT2D eigenvalue weighted by Gasteiger charge is 2.48. The van der Waals surface area contributed by atoms with E-state index in [2.05, 4.69) is 17.1 Å². The molecule has 4 heterocycles. The van der Waals surface area contributed by atoms with Crippen LogP contribution in [0.3, 0.4) is 0 Å². The van der Waals surface area contributed by atoms with E-state index in [0.29, 0.717) is 35.3 Å². The zero-order valence-corrected chi connectivity index (χ0v) is 20.8. The molecule has 1 saturated carbocycles. The lowest BCUT2D eigenvalue weighted by Crippen LogP contribution is -2.33. The number of hydrogen-bond acceptors (Lipinski definition) is 7. The van der Waals surface area contributed by atoms with Crippen molar-refractivity contribution in [2.45, 2.75) is 50.4 Å². The molecule has 2 aromatic heterocycles. The predicted octanol–water partition coefficient (Wildman–Crippen LogP) is 4.23. The van der Waals surface area contributed by atoms with Crippen molar-refractivity contribution < 1.29 is 28.5 Å². The third kappa shape index (κ3) is 4.17. The van der Waals surface area contributed by atoms with Crippen LogP contribution in [0.4, 0.5) is 0 Å². The highest BCUT2D eigenvalue weighted by Crippen LogP contribution is 2.49. The van der Waals surface area contributed by atoms with Gasteiger partial charge >= 0.3 is 5.97 Å². The number of ketones is 1. The Morgan fingerprint density at radius 1 is 1.22 bits per heavy atom. The second kappa shape index (κ2) is 8.87. The van der Waals surface area contributed by atoms with E-state index in [1.807, 2.05) is 38.1 Å². The smallest absolute Gasteiger partial charge is 0.308 e. The van der Waals surface area contributed by atoms with Crippen molar-refractivity contribution in [1.82, 2.24) is 9.97 Å². The van der Waals surface area contributed by atoms with E-state index >= 15 is 0 Å². The average molecular weight is 511 g/mol. The maximum Gasteiger partial charge on any atom is 0.308 e. The van der Waals surface area contributed by atoms with Gasteiger partial charge in [0, 0.05) is 17.0 Å². The summed E-state index contributed by atoms with van der Waals surface area (Å²) in [5.74, 6) is 0.178. The summed E-state index contributed by atoms with van der Waals surface area (Å²) in [5, 5.41) is 0.518. The summed E-state index contributed by atoms with van der Waals surface area (Å²) in [7, 11) is 0. The first-order valence-corrected chi connectivity index (χ1v) is 12.6. The van der Waals surface area contributed by atoms with E-state index < -0.39 is 12.2 Å². The Balaban J connectivity index is 1.19. The number of Topliss-reactive ketones (excluding diaryl/α,β-unsaturated/α-hetero) is 1. The molecule has 8 nitrogen and oxygen atoms in total. The molecule has 9 heteroatoms. The number of fused-ring (bicyclic) bond motifs is 2. The van der Waals surface area contributed by atoms with Crippen molar-refractivity contribution in [1.29, 1.82) is 0 Å². The van der Waals surface area contributed by atoms with Gasteiger partial charge in [0.1, 0.15) is 25.4 Å². The number of rotatable bonds is 7. The molecule has 3 atom stereocenters. The second-order valence-corrected chi connectivity index (χ2v) is 10.6. The van der Waals surface area contributed by atoms with Gasteiger partial charge in [0.15, 0.2) is 17.8 Å². The molecule has 1 aliphatic carbocycles. The molecule has 188 valence electrons. The van der Waals surface area contributed by atoms with Gasteiger partial charge in [-0.3, -0.25) is 9.59 Å². The fourth-order valence-electron chi connectivity index (χ4n) is 4.88. The number of aromatic amines is 1. The van der Waals surface area contributed by atoms with Crippen molar-refractivity contribution in [3.63, 3.8) is 0 Å². The molecule has 0 radical (unpaired) electrons. The standard InChI is InChI=1S/C27H27ClN2O6/c1-14(2)26(32)35-13-27(7-8-27)16-5-3-15(4-6-16)23-17(28)9-18-19(30-23)10-22(29-18)36-21-12-34-24-20(31)11-33-25(21)24/h3-6,9-10,14,21,24-25,29H,7-8,11-13H2,1-2H3/t21-,24?,25?/m1/s1. The zero-order chi connectivity index (χ0) is 25.0. The SMILES string of the molecule is CC(C)C(=O)OCC1(c2ccc(-c3nc4cc(O[C@@H]5COC6C(=O)COC65)[nH]c4cc3Cl)cc2)CC1. The molecule has 3 aromatic rings. The van der Waals surface area contributed by atoms with Crippen molar-refractivity contribution in [2.24, 2.45) is 5.92 Å². The fourth-order valence-corrected chi connectivity index (χ4v) is 5.14. The third-order valence-corrected chi connectivity index (χ3v) is 7.52. The van der Waals surface area contributed by atoms with Crippen LogP contribution >= 0.6 is 11.6 Å². The van der Waals surface area contributed by atoms with Crippen molar-refractivity contribution in [3.8, 4) is 17.1 Å². The Labute approximate surface area is 213 Å². The summed E-state index contributed by atoms with van der Waals surface area (Å²) in [6.07, 6.45) is 0.701. The summed E-state index contributed by atoms with van der Waals surface area (Å²) in [5.41, 5.74) is 4.10. The molecule has 3 fully saturated rings. The Kier molecular flexibility index (Phi) is 5.78. The number of benzene rings is 1. The van der Waals surface area contributed by atoms with Crippen LogP contribution in [0.1, 0.15) is 32.3 Å². The molecule has 2 saturated heterocycles. The largest absolute Gasteiger partial charge is 0.470 e. The molecule has 0 amide bonds. The van der Waals surface area contributed by atoms with Gasteiger partial charge in [0.25, 0.3) is 0 Å². The molecule has 0 bridgehead atoms. The van der Waals surface area contributed by atoms with Gasteiger partial charge in [-0.25, -0.2) is 4.98 Å². The van der Waals surface area contributed by atoms with E-state index in [1.165, 1.54) is 0 Å². The Bertz CT molecular complexity index is 1330. The van der Waals surface area contributed by atoms with Crippen LogP contribution in [-0.4, -0.2) is 59.9 Å². The Morgan fingerprint density at radius 2 is 2.00 bits per heavy atom. The molecule has 1 N–H and O–H groups in total. The van der Waals surface area contributed by atoms with E-state index in [9.17, 15) is 9.59 Å². The summed E-state index contributed by atoms with van der Waals surface area (Å²) in [6, 6.07) is 11.8. The van der Waals surface area contributed by atoms with Crippen LogP contribution in [0.5, 0.6) is 5.88 Å². The van der Waals surface area contributed by atoms with Crippen LogP contribution in [0.25, 0.3) is 22.3 Å². The lowest BCUT2D eigenvalue weighted by Gasteiger charge is -2.17. The van der Waals surface area contributed by atoms with E-state index in [-0.39, 0.29) is 35.8 Å². The lowest BCUT2D eigenvalue weighted by atomic mass is 9.95. The topological polar surface area (TPSA) is 99.7 Å². The number of H-pyrrole nitrogens is 1. The summed E-state index contributed by atoms with van der Waals surface area (Å²) >= 11 is 6.60. The van der Waals surface area contributed by atoms with E-state index in [1.54, 1.807) is 0 Å². The van der Waals surface area contributed by atoms with Gasteiger partial charge in [-0.15, -0.1) is 0 Å². The van der Waals surface area contributed by atoms with Gasteiger partial charge in [-0.05, 0) is 24.5 Å². The predicted molar refractivity (Wildman–Crippen MR) is 132 cm³/mol. The van der Waals surface area contributed by atoms with Crippen LogP contribution in [-0.2, 0) is 29.2 Å². The fraction of sp³-hybridized carbons (Fsp3) is 0.444. The van der Waals surface area contributed by atoms with Crippen LogP contribution < -0.4 is 4.74 Å².